The van der Waals surface area contributed by atoms with Gasteiger partial charge in [-0.3, -0.25) is 4.90 Å². The molecule has 0 radical (unpaired) electrons. The lowest BCUT2D eigenvalue weighted by Crippen LogP contribution is -2.38. The third-order valence-electron chi connectivity index (χ3n) is 5.06. The van der Waals surface area contributed by atoms with Gasteiger partial charge in [-0.1, -0.05) is 0 Å². The maximum absolute atomic E-state index is 10.6. The van der Waals surface area contributed by atoms with Gasteiger partial charge in [0.15, 0.2) is 0 Å². The number of aliphatic hydroxyl groups excluding tert-OH is 1. The van der Waals surface area contributed by atoms with Crippen LogP contribution in [0.1, 0.15) is 22.4 Å². The first-order valence-electron chi connectivity index (χ1n) is 8.70. The zero-order valence-electron chi connectivity index (χ0n) is 14.7. The zero-order valence-corrected chi connectivity index (χ0v) is 14.7. The highest BCUT2D eigenvalue weighted by molar-refractivity contribution is 5.77. The lowest BCUT2D eigenvalue weighted by molar-refractivity contribution is 0.0917. The Kier molecular flexibility index (Phi) is 4.23. The van der Waals surface area contributed by atoms with Crippen molar-refractivity contribution in [2.45, 2.75) is 39.5 Å². The van der Waals surface area contributed by atoms with Crippen molar-refractivity contribution < 1.29 is 5.11 Å². The van der Waals surface area contributed by atoms with Gasteiger partial charge >= 0.3 is 0 Å². The van der Waals surface area contributed by atoms with E-state index in [1.807, 2.05) is 17.1 Å². The molecule has 0 saturated carbocycles. The fourth-order valence-electron chi connectivity index (χ4n) is 3.50. The average molecular weight is 337 g/mol. The second kappa shape index (κ2) is 6.54. The van der Waals surface area contributed by atoms with Gasteiger partial charge in [-0.2, -0.15) is 0 Å². The van der Waals surface area contributed by atoms with E-state index < -0.39 is 6.10 Å². The van der Waals surface area contributed by atoms with Gasteiger partial charge in [-0.15, -0.1) is 0 Å². The summed E-state index contributed by atoms with van der Waals surface area (Å²) in [4.78, 5) is 15.2. The van der Waals surface area contributed by atoms with E-state index in [9.17, 15) is 5.11 Å². The number of β-amino-alcohol motifs (C(OH)–C–C–N with tert-alkyl or cyclic N) is 1. The van der Waals surface area contributed by atoms with Gasteiger partial charge in [0.1, 0.15) is 6.33 Å². The van der Waals surface area contributed by atoms with Gasteiger partial charge in [-0.05, 0) is 49.1 Å². The molecule has 3 aromatic rings. The van der Waals surface area contributed by atoms with Crippen molar-refractivity contribution in [1.82, 2.24) is 24.4 Å². The Morgan fingerprint density at radius 2 is 2.00 bits per heavy atom. The van der Waals surface area contributed by atoms with Crippen molar-refractivity contribution in [3.05, 3.63) is 53.4 Å². The van der Waals surface area contributed by atoms with Crippen LogP contribution in [-0.4, -0.2) is 48.7 Å². The maximum atomic E-state index is 10.6. The van der Waals surface area contributed by atoms with Crippen LogP contribution >= 0.6 is 0 Å². The van der Waals surface area contributed by atoms with E-state index in [1.54, 1.807) is 6.33 Å². The van der Waals surface area contributed by atoms with Crippen LogP contribution in [0, 0.1) is 13.8 Å². The fraction of sp³-hybridized carbons (Fsp3) is 0.421. The number of hydrogen-bond donors (Lipinski definition) is 1. The molecular weight excluding hydrogens is 314 g/mol. The van der Waals surface area contributed by atoms with E-state index in [0.29, 0.717) is 13.1 Å². The molecule has 1 N–H and O–H groups in total. The molecule has 6 nitrogen and oxygen atoms in total. The van der Waals surface area contributed by atoms with Crippen molar-refractivity contribution in [2.75, 3.05) is 13.1 Å². The molecule has 0 unspecified atom stereocenters. The summed E-state index contributed by atoms with van der Waals surface area (Å²) < 4.78 is 2.05. The Bertz CT molecular complexity index is 904. The van der Waals surface area contributed by atoms with Crippen molar-refractivity contribution in [2.24, 2.45) is 0 Å². The van der Waals surface area contributed by atoms with Crippen molar-refractivity contribution in [1.29, 1.82) is 0 Å². The number of hydrogen-bond acceptors (Lipinski definition) is 5. The minimum Gasteiger partial charge on any atom is -0.390 e. The summed E-state index contributed by atoms with van der Waals surface area (Å²) in [6, 6.07) is 4.26. The Morgan fingerprint density at radius 3 is 2.88 bits per heavy atom. The Morgan fingerprint density at radius 1 is 1.16 bits per heavy atom. The van der Waals surface area contributed by atoms with Crippen LogP contribution < -0.4 is 0 Å². The van der Waals surface area contributed by atoms with Gasteiger partial charge in [0, 0.05) is 25.8 Å². The quantitative estimate of drug-likeness (QED) is 0.787. The topological polar surface area (TPSA) is 67.1 Å². The molecule has 0 saturated heterocycles. The molecule has 1 aliphatic rings. The molecule has 1 aromatic carbocycles. The third-order valence-corrected chi connectivity index (χ3v) is 5.06. The van der Waals surface area contributed by atoms with E-state index in [4.69, 9.17) is 0 Å². The lowest BCUT2D eigenvalue weighted by atomic mass is 10.1. The van der Waals surface area contributed by atoms with Crippen LogP contribution in [0.25, 0.3) is 11.0 Å². The van der Waals surface area contributed by atoms with Crippen LogP contribution in [0.4, 0.5) is 0 Å². The predicted octanol–water partition coefficient (Wildman–Crippen LogP) is 1.86. The minimum absolute atomic E-state index is 0.442. The van der Waals surface area contributed by atoms with Crippen LogP contribution in [0.2, 0.25) is 0 Å². The number of fused-ring (bicyclic) bond motifs is 2. The normalized spacial score (nSPS) is 16.1. The highest BCUT2D eigenvalue weighted by Crippen LogP contribution is 2.19. The fourth-order valence-corrected chi connectivity index (χ4v) is 3.50. The number of imidazole rings is 1. The Hall–Kier alpha value is -2.31. The van der Waals surface area contributed by atoms with E-state index in [0.717, 1.165) is 36.2 Å². The SMILES string of the molecule is Cc1cc2ncn(C[C@@H](O)CN3CCc4cncnc4C3)c2cc1C. The van der Waals surface area contributed by atoms with Gasteiger partial charge in [0.2, 0.25) is 0 Å². The van der Waals surface area contributed by atoms with Gasteiger partial charge in [-0.25, -0.2) is 15.0 Å². The molecule has 4 rings (SSSR count). The molecule has 0 aliphatic carbocycles. The first-order valence-corrected chi connectivity index (χ1v) is 8.70. The van der Waals surface area contributed by atoms with E-state index in [2.05, 4.69) is 45.8 Å². The Labute approximate surface area is 147 Å². The van der Waals surface area contributed by atoms with Crippen molar-refractivity contribution >= 4 is 11.0 Å². The zero-order chi connectivity index (χ0) is 17.4. The first-order chi connectivity index (χ1) is 12.1. The van der Waals surface area contributed by atoms with Gasteiger partial charge < -0.3 is 9.67 Å². The van der Waals surface area contributed by atoms with Crippen molar-refractivity contribution in [3.63, 3.8) is 0 Å². The lowest BCUT2D eigenvalue weighted by Gasteiger charge is -2.29. The molecule has 25 heavy (non-hydrogen) atoms. The van der Waals surface area contributed by atoms with E-state index in [1.165, 1.54) is 16.7 Å². The Balaban J connectivity index is 1.45. The summed E-state index contributed by atoms with van der Waals surface area (Å²) >= 11 is 0. The standard InChI is InChI=1S/C19H23N5O/c1-13-5-17-19(6-14(13)2)24(12-22-17)9-16(25)8-23-4-3-15-7-20-11-21-18(15)10-23/h5-7,11-12,16,25H,3-4,8-10H2,1-2H3/t16-/m0/s1. The number of rotatable bonds is 4. The summed E-state index contributed by atoms with van der Waals surface area (Å²) in [5.41, 5.74) is 6.86. The molecule has 0 bridgehead atoms. The summed E-state index contributed by atoms with van der Waals surface area (Å²) in [6.07, 6.45) is 5.82. The van der Waals surface area contributed by atoms with E-state index in [-0.39, 0.29) is 0 Å². The molecule has 130 valence electrons. The van der Waals surface area contributed by atoms with Crippen LogP contribution in [-0.2, 0) is 19.5 Å². The molecule has 1 atom stereocenters. The number of nitrogens with zero attached hydrogens (tertiary/aromatic N) is 5. The number of aromatic nitrogens is 4. The van der Waals surface area contributed by atoms with Crippen LogP contribution in [0.3, 0.4) is 0 Å². The van der Waals surface area contributed by atoms with Crippen LogP contribution in [0.15, 0.2) is 31.0 Å². The molecule has 0 fully saturated rings. The van der Waals surface area contributed by atoms with Crippen molar-refractivity contribution in [3.8, 4) is 0 Å². The maximum Gasteiger partial charge on any atom is 0.115 e. The predicted molar refractivity (Wildman–Crippen MR) is 96.2 cm³/mol. The summed E-state index contributed by atoms with van der Waals surface area (Å²) in [7, 11) is 0. The highest BCUT2D eigenvalue weighted by Gasteiger charge is 2.20. The minimum atomic E-state index is -0.442. The second-order valence-corrected chi connectivity index (χ2v) is 6.96. The molecule has 3 heterocycles. The first kappa shape index (κ1) is 16.2. The average Bonchev–Trinajstić information content (AvgIpc) is 2.97. The summed E-state index contributed by atoms with van der Waals surface area (Å²) in [5.74, 6) is 0. The number of benzene rings is 1. The third kappa shape index (κ3) is 3.27. The molecule has 1 aliphatic heterocycles. The second-order valence-electron chi connectivity index (χ2n) is 6.96. The van der Waals surface area contributed by atoms with Crippen LogP contribution in [0.5, 0.6) is 0 Å². The smallest absolute Gasteiger partial charge is 0.115 e. The highest BCUT2D eigenvalue weighted by atomic mass is 16.3. The molecule has 0 spiro atoms. The largest absolute Gasteiger partial charge is 0.390 e. The molecular formula is C19H23N5O. The van der Waals surface area contributed by atoms with Gasteiger partial charge in [0.25, 0.3) is 0 Å². The monoisotopic (exact) mass is 337 g/mol. The number of aryl methyl sites for hydroxylation is 2. The summed E-state index contributed by atoms with van der Waals surface area (Å²) in [5, 5.41) is 10.6. The van der Waals surface area contributed by atoms with Gasteiger partial charge in [0.05, 0.1) is 35.7 Å². The molecule has 0 amide bonds. The van der Waals surface area contributed by atoms with E-state index >= 15 is 0 Å². The molecule has 6 heteroatoms. The number of aliphatic hydroxyl groups is 1. The summed E-state index contributed by atoms with van der Waals surface area (Å²) in [6.45, 7) is 7.09. The molecule has 2 aromatic heterocycles.